The molecule has 2 N–H and O–H groups in total. The summed E-state index contributed by atoms with van der Waals surface area (Å²) < 4.78 is 5.40. The lowest BCUT2D eigenvalue weighted by molar-refractivity contribution is 0.0699. The van der Waals surface area contributed by atoms with E-state index >= 15 is 0 Å². The van der Waals surface area contributed by atoms with E-state index in [1.54, 1.807) is 0 Å². The Morgan fingerprint density at radius 3 is 3.00 bits per heavy atom. The molecule has 3 heterocycles. The molecule has 2 aliphatic rings. The highest BCUT2D eigenvalue weighted by atomic mass is 16.5. The molecule has 19 heavy (non-hydrogen) atoms. The van der Waals surface area contributed by atoms with Gasteiger partial charge >= 0.3 is 0 Å². The maximum atomic E-state index is 5.40. The fraction of sp³-hybridized carbons (Fsp3) is 0.714. The average molecular weight is 262 g/mol. The van der Waals surface area contributed by atoms with Crippen LogP contribution in [0.25, 0.3) is 0 Å². The van der Waals surface area contributed by atoms with Gasteiger partial charge in [-0.3, -0.25) is 0 Å². The molecule has 5 heteroatoms. The van der Waals surface area contributed by atoms with Gasteiger partial charge in [-0.1, -0.05) is 0 Å². The van der Waals surface area contributed by atoms with E-state index in [1.165, 1.54) is 11.3 Å². The Morgan fingerprint density at radius 1 is 1.32 bits per heavy atom. The molecule has 0 aliphatic carbocycles. The van der Waals surface area contributed by atoms with E-state index in [1.807, 2.05) is 6.92 Å². The molecule has 0 saturated carbocycles. The Hall–Kier alpha value is -1.20. The van der Waals surface area contributed by atoms with Crippen LogP contribution in [0.15, 0.2) is 0 Å². The number of fused-ring (bicyclic) bond motifs is 1. The Bertz CT molecular complexity index is 443. The summed E-state index contributed by atoms with van der Waals surface area (Å²) in [5.41, 5.74) is 2.46. The van der Waals surface area contributed by atoms with Crippen molar-refractivity contribution in [1.82, 2.24) is 15.3 Å². The van der Waals surface area contributed by atoms with Crippen LogP contribution in [0.4, 0.5) is 5.82 Å². The minimum Gasteiger partial charge on any atom is -0.381 e. The molecular weight excluding hydrogens is 240 g/mol. The number of aryl methyl sites for hydroxylation is 1. The van der Waals surface area contributed by atoms with Crippen molar-refractivity contribution in [1.29, 1.82) is 0 Å². The molecule has 0 amide bonds. The topological polar surface area (TPSA) is 59.1 Å². The van der Waals surface area contributed by atoms with E-state index in [2.05, 4.69) is 20.6 Å². The zero-order valence-corrected chi connectivity index (χ0v) is 11.5. The Balaban J connectivity index is 1.70. The van der Waals surface area contributed by atoms with Crippen LogP contribution in [0.5, 0.6) is 0 Å². The predicted molar refractivity (Wildman–Crippen MR) is 74.2 cm³/mol. The van der Waals surface area contributed by atoms with Gasteiger partial charge in [0.2, 0.25) is 0 Å². The summed E-state index contributed by atoms with van der Waals surface area (Å²) in [5, 5.41) is 6.94. The normalized spacial score (nSPS) is 20.1. The number of ether oxygens (including phenoxy) is 1. The molecule has 0 bridgehead atoms. The largest absolute Gasteiger partial charge is 0.381 e. The lowest BCUT2D eigenvalue weighted by Gasteiger charge is -2.24. The first-order chi connectivity index (χ1) is 9.33. The maximum Gasteiger partial charge on any atom is 0.134 e. The van der Waals surface area contributed by atoms with Crippen molar-refractivity contribution < 1.29 is 4.74 Å². The van der Waals surface area contributed by atoms with Crippen LogP contribution in [-0.4, -0.2) is 36.3 Å². The van der Waals surface area contributed by atoms with E-state index in [9.17, 15) is 0 Å². The fourth-order valence-corrected chi connectivity index (χ4v) is 2.80. The first kappa shape index (κ1) is 12.8. The van der Waals surface area contributed by atoms with Crippen LogP contribution in [0, 0.1) is 12.8 Å². The molecule has 0 atom stereocenters. The molecule has 2 aliphatic heterocycles. The van der Waals surface area contributed by atoms with E-state index < -0.39 is 0 Å². The molecule has 5 nitrogen and oxygen atoms in total. The van der Waals surface area contributed by atoms with Gasteiger partial charge in [-0.2, -0.15) is 0 Å². The Labute approximate surface area is 114 Å². The van der Waals surface area contributed by atoms with Crippen molar-refractivity contribution >= 4 is 5.82 Å². The third kappa shape index (κ3) is 3.04. The van der Waals surface area contributed by atoms with Crippen LogP contribution >= 0.6 is 0 Å². The van der Waals surface area contributed by atoms with Gasteiger partial charge in [-0.05, 0) is 25.7 Å². The summed E-state index contributed by atoms with van der Waals surface area (Å²) in [6.07, 6.45) is 3.31. The van der Waals surface area contributed by atoms with Gasteiger partial charge in [0.05, 0.1) is 5.69 Å². The monoisotopic (exact) mass is 262 g/mol. The van der Waals surface area contributed by atoms with Gasteiger partial charge in [-0.15, -0.1) is 0 Å². The average Bonchev–Trinajstić information content (AvgIpc) is 2.45. The highest BCUT2D eigenvalue weighted by Crippen LogP contribution is 2.21. The highest BCUT2D eigenvalue weighted by molar-refractivity contribution is 5.47. The minimum absolute atomic E-state index is 0.705. The number of nitrogens with one attached hydrogen (secondary N) is 2. The van der Waals surface area contributed by atoms with Crippen molar-refractivity contribution in [3.63, 3.8) is 0 Å². The number of nitrogens with zero attached hydrogens (tertiary/aromatic N) is 2. The number of rotatable bonds is 3. The molecule has 1 saturated heterocycles. The summed E-state index contributed by atoms with van der Waals surface area (Å²) in [6.45, 7) is 6.66. The lowest BCUT2D eigenvalue weighted by Crippen LogP contribution is -2.28. The Morgan fingerprint density at radius 2 is 2.16 bits per heavy atom. The first-order valence-corrected chi connectivity index (χ1v) is 7.21. The molecule has 0 radical (unpaired) electrons. The Kier molecular flexibility index (Phi) is 3.94. The van der Waals surface area contributed by atoms with Crippen LogP contribution in [0.2, 0.25) is 0 Å². The SMILES string of the molecule is Cc1nc2c(c(NCC3CCOCC3)n1)CNCC2. The molecular formula is C14H22N4O. The second kappa shape index (κ2) is 5.84. The number of hydrogen-bond donors (Lipinski definition) is 2. The van der Waals surface area contributed by atoms with Crippen LogP contribution < -0.4 is 10.6 Å². The predicted octanol–water partition coefficient (Wildman–Crippen LogP) is 1.27. The van der Waals surface area contributed by atoms with E-state index in [0.717, 1.165) is 63.8 Å². The summed E-state index contributed by atoms with van der Waals surface area (Å²) >= 11 is 0. The highest BCUT2D eigenvalue weighted by Gasteiger charge is 2.18. The van der Waals surface area contributed by atoms with Gasteiger partial charge in [0.1, 0.15) is 11.6 Å². The van der Waals surface area contributed by atoms with Crippen LogP contribution in [-0.2, 0) is 17.7 Å². The van der Waals surface area contributed by atoms with Gasteiger partial charge in [-0.25, -0.2) is 9.97 Å². The lowest BCUT2D eigenvalue weighted by atomic mass is 10.00. The summed E-state index contributed by atoms with van der Waals surface area (Å²) in [4.78, 5) is 9.14. The third-order valence-electron chi connectivity index (χ3n) is 3.94. The molecule has 1 fully saturated rings. The summed E-state index contributed by atoms with van der Waals surface area (Å²) in [7, 11) is 0. The van der Waals surface area contributed by atoms with E-state index in [4.69, 9.17) is 4.74 Å². The zero-order chi connectivity index (χ0) is 13.1. The van der Waals surface area contributed by atoms with Gasteiger partial charge in [0, 0.05) is 44.8 Å². The van der Waals surface area contributed by atoms with E-state index in [0.29, 0.717) is 5.92 Å². The van der Waals surface area contributed by atoms with Crippen molar-refractivity contribution in [2.24, 2.45) is 5.92 Å². The minimum atomic E-state index is 0.705. The zero-order valence-electron chi connectivity index (χ0n) is 11.5. The maximum absolute atomic E-state index is 5.40. The smallest absolute Gasteiger partial charge is 0.134 e. The van der Waals surface area contributed by atoms with Gasteiger partial charge in [0.15, 0.2) is 0 Å². The molecule has 3 rings (SSSR count). The van der Waals surface area contributed by atoms with Gasteiger partial charge < -0.3 is 15.4 Å². The molecule has 0 aromatic carbocycles. The van der Waals surface area contributed by atoms with Crippen LogP contribution in [0.1, 0.15) is 29.9 Å². The molecule has 1 aromatic rings. The standard InChI is InChI=1S/C14H22N4O/c1-10-17-13-2-5-15-9-12(13)14(18-10)16-8-11-3-6-19-7-4-11/h11,15H,2-9H2,1H3,(H,16,17,18). The number of hydrogen-bond acceptors (Lipinski definition) is 5. The molecule has 0 unspecified atom stereocenters. The number of aromatic nitrogens is 2. The van der Waals surface area contributed by atoms with E-state index in [-0.39, 0.29) is 0 Å². The van der Waals surface area contributed by atoms with Crippen molar-refractivity contribution in [3.05, 3.63) is 17.1 Å². The van der Waals surface area contributed by atoms with Crippen molar-refractivity contribution in [2.45, 2.75) is 32.7 Å². The van der Waals surface area contributed by atoms with Gasteiger partial charge in [0.25, 0.3) is 0 Å². The summed E-state index contributed by atoms with van der Waals surface area (Å²) in [5.74, 6) is 2.60. The molecule has 1 aromatic heterocycles. The first-order valence-electron chi connectivity index (χ1n) is 7.21. The summed E-state index contributed by atoms with van der Waals surface area (Å²) in [6, 6.07) is 0. The van der Waals surface area contributed by atoms with Crippen molar-refractivity contribution in [3.8, 4) is 0 Å². The second-order valence-corrected chi connectivity index (χ2v) is 5.41. The number of anilines is 1. The fourth-order valence-electron chi connectivity index (χ4n) is 2.80. The molecule has 0 spiro atoms. The third-order valence-corrected chi connectivity index (χ3v) is 3.94. The molecule has 104 valence electrons. The second-order valence-electron chi connectivity index (χ2n) is 5.41. The quantitative estimate of drug-likeness (QED) is 0.859. The van der Waals surface area contributed by atoms with Crippen molar-refractivity contribution in [2.75, 3.05) is 31.6 Å². The van der Waals surface area contributed by atoms with Crippen LogP contribution in [0.3, 0.4) is 0 Å².